The first-order chi connectivity index (χ1) is 7.93. The van der Waals surface area contributed by atoms with Gasteiger partial charge in [-0.1, -0.05) is 0 Å². The smallest absolute Gasteiger partial charge is 0.374 e. The third-order valence-corrected chi connectivity index (χ3v) is 1.04. The molecule has 0 fully saturated rings. The van der Waals surface area contributed by atoms with Crippen LogP contribution in [0.15, 0.2) is 0 Å². The first-order valence-corrected chi connectivity index (χ1v) is 4.40. The van der Waals surface area contributed by atoms with E-state index in [1.165, 1.54) is 0 Å². The van der Waals surface area contributed by atoms with Crippen molar-refractivity contribution < 1.29 is 44.4 Å². The molecule has 0 aliphatic heterocycles. The van der Waals surface area contributed by atoms with E-state index < -0.39 is 35.0 Å². The molecule has 0 saturated heterocycles. The molecule has 0 aromatic heterocycles. The van der Waals surface area contributed by atoms with Crippen LogP contribution in [0.2, 0.25) is 0 Å². The molecule has 0 aliphatic rings. The molecule has 0 heterocycles. The zero-order chi connectivity index (χ0) is 15.5. The summed E-state index contributed by atoms with van der Waals surface area (Å²) in [5.74, 6) is -6.70. The lowest BCUT2D eigenvalue weighted by atomic mass is 10.3. The maximum absolute atomic E-state index is 10.2. The number of carboxylic acids is 4. The van der Waals surface area contributed by atoms with E-state index in [-0.39, 0.29) is 0 Å². The lowest BCUT2D eigenvalue weighted by Gasteiger charge is -1.95. The normalized spacial score (nSPS) is 9.50. The van der Waals surface area contributed by atoms with Crippen LogP contribution in [0.1, 0.15) is 13.8 Å². The summed E-state index contributed by atoms with van der Waals surface area (Å²) in [6.45, 7) is 2.17. The monoisotopic (exact) mass is 286 g/mol. The van der Waals surface area contributed by atoms with Crippen LogP contribution >= 0.6 is 11.6 Å². The Kier molecular flexibility index (Phi) is 13.3. The molecule has 1 unspecified atom stereocenters. The van der Waals surface area contributed by atoms with Crippen LogP contribution in [0.25, 0.3) is 0 Å². The predicted octanol–water partition coefficient (Wildman–Crippen LogP) is -0.486. The van der Waals surface area contributed by atoms with Crippen LogP contribution in [-0.4, -0.2) is 55.5 Å². The minimum atomic E-state index is -1.99. The van der Waals surface area contributed by atoms with Crippen LogP contribution in [0, 0.1) is 0 Å². The summed E-state index contributed by atoms with van der Waals surface area (Å²) in [7, 11) is 0. The van der Waals surface area contributed by atoms with Crippen LogP contribution < -0.4 is 0 Å². The Hall–Kier alpha value is -2.16. The Labute approximate surface area is 106 Å². The van der Waals surface area contributed by atoms with Crippen molar-refractivity contribution in [1.29, 1.82) is 0 Å². The fourth-order valence-corrected chi connectivity index (χ4v) is 0.314. The number of aliphatic carboxylic acids is 4. The van der Waals surface area contributed by atoms with E-state index in [0.717, 1.165) is 13.8 Å². The van der Waals surface area contributed by atoms with Crippen LogP contribution in [0.5, 0.6) is 0 Å². The zero-order valence-electron chi connectivity index (χ0n) is 9.29. The van der Waals surface area contributed by atoms with Crippen LogP contribution in [-0.2, 0) is 24.0 Å². The molecule has 10 heteroatoms. The number of hydrogen-bond donors (Lipinski definition) is 4. The second kappa shape index (κ2) is 11.3. The molecule has 0 bridgehead atoms. The van der Waals surface area contributed by atoms with Crippen LogP contribution in [0.4, 0.5) is 0 Å². The Morgan fingerprint density at radius 1 is 0.833 bits per heavy atom. The topological polar surface area (TPSA) is 166 Å². The van der Waals surface area contributed by atoms with Gasteiger partial charge in [0.25, 0.3) is 17.7 Å². The summed E-state index contributed by atoms with van der Waals surface area (Å²) in [4.78, 5) is 47.7. The molecule has 0 rings (SSSR count). The Balaban J connectivity index is -0.000000233. The van der Waals surface area contributed by atoms with Crippen molar-refractivity contribution in [2.75, 3.05) is 0 Å². The van der Waals surface area contributed by atoms with Crippen molar-refractivity contribution in [3.63, 3.8) is 0 Å². The highest BCUT2D eigenvalue weighted by Gasteiger charge is 2.28. The quantitative estimate of drug-likeness (QED) is 0.304. The van der Waals surface area contributed by atoms with E-state index >= 15 is 0 Å². The number of carbonyl (C=O) groups is 5. The van der Waals surface area contributed by atoms with Gasteiger partial charge in [0.2, 0.25) is 5.38 Å². The van der Waals surface area contributed by atoms with Crippen molar-refractivity contribution in [2.45, 2.75) is 19.2 Å². The molecule has 0 aromatic rings. The minimum absolute atomic E-state index is 0.833. The predicted molar refractivity (Wildman–Crippen MR) is 56.5 cm³/mol. The molecule has 4 N–H and O–H groups in total. The van der Waals surface area contributed by atoms with Crippen molar-refractivity contribution in [3.05, 3.63) is 0 Å². The number of carboxylic acid groups (broad SMARTS) is 4. The average Bonchev–Trinajstić information content (AvgIpc) is 2.13. The Morgan fingerprint density at radius 3 is 1.11 bits per heavy atom. The van der Waals surface area contributed by atoms with Crippen LogP contribution in [0.3, 0.4) is 0 Å². The number of alkyl halides is 1. The van der Waals surface area contributed by atoms with Gasteiger partial charge in [-0.25, -0.2) is 4.79 Å². The number of ketones is 1. The fraction of sp³-hybridized carbons (Fsp3) is 0.375. The van der Waals surface area contributed by atoms with E-state index in [4.69, 9.17) is 41.6 Å². The molecule has 0 amide bonds. The minimum Gasteiger partial charge on any atom is -0.481 e. The number of Topliss-reactive ketones (excluding diaryl/α,β-unsaturated/α-hetero) is 1. The molecule has 0 radical (unpaired) electrons. The van der Waals surface area contributed by atoms with Crippen molar-refractivity contribution in [1.82, 2.24) is 0 Å². The maximum Gasteiger partial charge on any atom is 0.374 e. The highest BCUT2D eigenvalue weighted by atomic mass is 35.5. The van der Waals surface area contributed by atoms with Crippen molar-refractivity contribution in [3.8, 4) is 0 Å². The van der Waals surface area contributed by atoms with Gasteiger partial charge >= 0.3 is 11.9 Å². The number of carbonyl (C=O) groups excluding carboxylic acids is 1. The molecule has 0 aromatic carbocycles. The summed E-state index contributed by atoms with van der Waals surface area (Å²) in [6.07, 6.45) is 0. The molecule has 0 spiro atoms. The maximum atomic E-state index is 10.2. The molecule has 0 saturated carbocycles. The molecular formula is C8H11ClO9. The second-order valence-corrected chi connectivity index (χ2v) is 2.84. The molecule has 9 nitrogen and oxygen atoms in total. The summed E-state index contributed by atoms with van der Waals surface area (Å²) in [5, 5.41) is 28.7. The largest absolute Gasteiger partial charge is 0.481 e. The van der Waals surface area contributed by atoms with E-state index in [1.807, 2.05) is 0 Å². The van der Waals surface area contributed by atoms with E-state index in [9.17, 15) is 14.4 Å². The summed E-state index contributed by atoms with van der Waals surface area (Å²) in [6, 6.07) is 0. The number of rotatable bonds is 3. The van der Waals surface area contributed by atoms with Gasteiger partial charge in [0.05, 0.1) is 0 Å². The fourth-order valence-electron chi connectivity index (χ4n) is 0.221. The highest BCUT2D eigenvalue weighted by Crippen LogP contribution is 1.96. The third-order valence-electron chi connectivity index (χ3n) is 0.658. The van der Waals surface area contributed by atoms with Gasteiger partial charge in [0, 0.05) is 13.8 Å². The number of halogens is 1. The van der Waals surface area contributed by atoms with Gasteiger partial charge in [0.1, 0.15) is 0 Å². The summed E-state index contributed by atoms with van der Waals surface area (Å²) < 4.78 is 0. The van der Waals surface area contributed by atoms with Gasteiger partial charge in [-0.15, -0.1) is 11.6 Å². The lowest BCUT2D eigenvalue weighted by Crippen LogP contribution is -2.30. The molecule has 1 atom stereocenters. The zero-order valence-corrected chi connectivity index (χ0v) is 10.0. The molecule has 18 heavy (non-hydrogen) atoms. The molecule has 104 valence electrons. The van der Waals surface area contributed by atoms with E-state index in [2.05, 4.69) is 0 Å². The van der Waals surface area contributed by atoms with Crippen molar-refractivity contribution in [2.24, 2.45) is 0 Å². The third kappa shape index (κ3) is 23.6. The Morgan fingerprint density at radius 2 is 1.06 bits per heavy atom. The van der Waals surface area contributed by atoms with Gasteiger partial charge in [0.15, 0.2) is 0 Å². The molecular weight excluding hydrogens is 276 g/mol. The first kappa shape index (κ1) is 21.2. The van der Waals surface area contributed by atoms with E-state index in [1.54, 1.807) is 0 Å². The number of hydrogen-bond acceptors (Lipinski definition) is 5. The standard InChI is InChI=1S/C4H3ClO5.2C2H4O2/c5-1(3(7)8)2(6)4(9)10;2*1-2(3)4/h1H,(H,7,8)(H,9,10);2*1H3,(H,3,4). The van der Waals surface area contributed by atoms with Gasteiger partial charge in [-0.3, -0.25) is 19.2 Å². The van der Waals surface area contributed by atoms with Crippen molar-refractivity contribution >= 4 is 41.3 Å². The summed E-state index contributed by atoms with van der Waals surface area (Å²) in [5.41, 5.74) is 0. The second-order valence-electron chi connectivity index (χ2n) is 2.41. The lowest BCUT2D eigenvalue weighted by molar-refractivity contribution is -0.152. The average molecular weight is 287 g/mol. The van der Waals surface area contributed by atoms with E-state index in [0.29, 0.717) is 0 Å². The SMILES string of the molecule is CC(=O)O.CC(=O)O.O=C(O)C(=O)C(Cl)C(=O)O. The summed E-state index contributed by atoms with van der Waals surface area (Å²) >= 11 is 4.83. The highest BCUT2D eigenvalue weighted by molar-refractivity contribution is 6.53. The molecule has 0 aliphatic carbocycles. The van der Waals surface area contributed by atoms with Gasteiger partial charge < -0.3 is 20.4 Å². The van der Waals surface area contributed by atoms with Gasteiger partial charge in [-0.05, 0) is 0 Å². The first-order valence-electron chi connectivity index (χ1n) is 3.96. The Bertz CT molecular complexity index is 315. The van der Waals surface area contributed by atoms with Gasteiger partial charge in [-0.2, -0.15) is 0 Å².